The number of aliphatic hydroxyl groups is 1. The van der Waals surface area contributed by atoms with Gasteiger partial charge in [-0.3, -0.25) is 4.79 Å². The van der Waals surface area contributed by atoms with Crippen molar-refractivity contribution in [2.45, 2.75) is 76.9 Å². The molecule has 0 saturated heterocycles. The van der Waals surface area contributed by atoms with Crippen LogP contribution in [-0.2, 0) is 11.3 Å². The highest BCUT2D eigenvalue weighted by Crippen LogP contribution is 2.64. The standard InChI is InChI=1S/C23H34FN3O2/c1-22-8-6-17-16-7-9-23(29,14-24)12-15(16)2-3-18(17)19(22)4-5-20(22)21(28)13-27-25-10-11-26-27/h10-11,15-20,29H,2-9,12-14H2,1H3/t15-,16+,17-,18-,19+,20-,22+,23-/m1/s1. The van der Waals surface area contributed by atoms with Gasteiger partial charge in [-0.1, -0.05) is 6.92 Å². The van der Waals surface area contributed by atoms with E-state index in [1.165, 1.54) is 17.6 Å². The molecule has 0 spiro atoms. The Hall–Kier alpha value is -1.30. The first-order chi connectivity index (χ1) is 13.9. The number of hydrogen-bond acceptors (Lipinski definition) is 4. The number of fused-ring (bicyclic) bond motifs is 5. The summed E-state index contributed by atoms with van der Waals surface area (Å²) in [7, 11) is 0. The zero-order valence-electron chi connectivity index (χ0n) is 17.5. The smallest absolute Gasteiger partial charge is 0.159 e. The van der Waals surface area contributed by atoms with E-state index in [-0.39, 0.29) is 11.3 Å². The van der Waals surface area contributed by atoms with Crippen molar-refractivity contribution in [1.29, 1.82) is 0 Å². The summed E-state index contributed by atoms with van der Waals surface area (Å²) in [5, 5.41) is 18.7. The van der Waals surface area contributed by atoms with E-state index in [9.17, 15) is 14.3 Å². The van der Waals surface area contributed by atoms with E-state index in [2.05, 4.69) is 17.1 Å². The van der Waals surface area contributed by atoms with E-state index in [0.717, 1.165) is 32.1 Å². The van der Waals surface area contributed by atoms with E-state index >= 15 is 0 Å². The number of nitrogens with zero attached hydrogens (tertiary/aromatic N) is 3. The Labute approximate surface area is 172 Å². The first-order valence-electron chi connectivity index (χ1n) is 11.6. The summed E-state index contributed by atoms with van der Waals surface area (Å²) in [6.45, 7) is 2.06. The molecule has 0 aliphatic heterocycles. The third-order valence-corrected chi connectivity index (χ3v) is 9.51. The number of hydrogen-bond donors (Lipinski definition) is 1. The molecule has 4 saturated carbocycles. The van der Waals surface area contributed by atoms with Crippen molar-refractivity contribution in [3.63, 3.8) is 0 Å². The van der Waals surface area contributed by atoms with Crippen molar-refractivity contribution in [1.82, 2.24) is 15.0 Å². The quantitative estimate of drug-likeness (QED) is 0.830. The summed E-state index contributed by atoms with van der Waals surface area (Å²) >= 11 is 0. The molecule has 8 atom stereocenters. The van der Waals surface area contributed by atoms with Crippen LogP contribution in [0.5, 0.6) is 0 Å². The van der Waals surface area contributed by atoms with Crippen molar-refractivity contribution in [2.75, 3.05) is 6.67 Å². The second-order valence-corrected chi connectivity index (χ2v) is 10.7. The molecule has 5 rings (SSSR count). The number of rotatable bonds is 4. The molecule has 6 heteroatoms. The van der Waals surface area contributed by atoms with Gasteiger partial charge in [0.15, 0.2) is 5.78 Å². The zero-order valence-corrected chi connectivity index (χ0v) is 17.5. The lowest BCUT2D eigenvalue weighted by molar-refractivity contribution is -0.134. The van der Waals surface area contributed by atoms with Crippen LogP contribution in [0.3, 0.4) is 0 Å². The lowest BCUT2D eigenvalue weighted by atomic mass is 9.49. The van der Waals surface area contributed by atoms with Crippen LogP contribution in [0.4, 0.5) is 4.39 Å². The molecule has 0 radical (unpaired) electrons. The lowest BCUT2D eigenvalue weighted by Crippen LogP contribution is -2.52. The molecule has 0 unspecified atom stereocenters. The Morgan fingerprint density at radius 3 is 2.59 bits per heavy atom. The van der Waals surface area contributed by atoms with E-state index in [0.29, 0.717) is 54.8 Å². The number of Topliss-reactive ketones (excluding diaryl/α,β-unsaturated/α-hetero) is 1. The van der Waals surface area contributed by atoms with Gasteiger partial charge in [-0.2, -0.15) is 15.0 Å². The number of ketones is 1. The zero-order chi connectivity index (χ0) is 20.2. The van der Waals surface area contributed by atoms with Gasteiger partial charge in [0.1, 0.15) is 13.2 Å². The third kappa shape index (κ3) is 3.17. The normalized spacial score (nSPS) is 46.6. The molecule has 1 aromatic rings. The van der Waals surface area contributed by atoms with Gasteiger partial charge in [-0.25, -0.2) is 4.39 Å². The maximum Gasteiger partial charge on any atom is 0.159 e. The van der Waals surface area contributed by atoms with Crippen molar-refractivity contribution in [3.05, 3.63) is 12.4 Å². The molecule has 1 aromatic heterocycles. The molecule has 0 bridgehead atoms. The van der Waals surface area contributed by atoms with Gasteiger partial charge < -0.3 is 5.11 Å². The number of carbonyl (C=O) groups is 1. The molecule has 0 amide bonds. The van der Waals surface area contributed by atoms with Crippen molar-refractivity contribution >= 4 is 5.78 Å². The molecular formula is C23H34FN3O2. The van der Waals surface area contributed by atoms with Crippen molar-refractivity contribution in [2.24, 2.45) is 40.9 Å². The van der Waals surface area contributed by atoms with Crippen LogP contribution in [0.2, 0.25) is 0 Å². The second-order valence-electron chi connectivity index (χ2n) is 10.7. The summed E-state index contributed by atoms with van der Waals surface area (Å²) in [5.41, 5.74) is -0.963. The van der Waals surface area contributed by atoms with E-state index < -0.39 is 12.3 Å². The van der Waals surface area contributed by atoms with Crippen molar-refractivity contribution in [3.8, 4) is 0 Å². The maximum absolute atomic E-state index is 13.3. The number of halogens is 1. The third-order valence-electron chi connectivity index (χ3n) is 9.51. The molecule has 4 fully saturated rings. The highest BCUT2D eigenvalue weighted by Gasteiger charge is 2.59. The molecule has 29 heavy (non-hydrogen) atoms. The van der Waals surface area contributed by atoms with Crippen LogP contribution in [0.15, 0.2) is 12.4 Å². The van der Waals surface area contributed by atoms with Crippen LogP contribution in [0, 0.1) is 40.9 Å². The summed E-state index contributed by atoms with van der Waals surface area (Å²) in [6.07, 6.45) is 12.3. The minimum Gasteiger partial charge on any atom is -0.387 e. The number of alkyl halides is 1. The van der Waals surface area contributed by atoms with Crippen LogP contribution >= 0.6 is 0 Å². The first-order valence-corrected chi connectivity index (χ1v) is 11.6. The Kier molecular flexibility index (Phi) is 4.84. The Morgan fingerprint density at radius 2 is 1.83 bits per heavy atom. The molecule has 5 nitrogen and oxygen atoms in total. The summed E-state index contributed by atoms with van der Waals surface area (Å²) in [6, 6.07) is 0. The van der Waals surface area contributed by atoms with E-state index in [1.807, 2.05) is 0 Å². The van der Waals surface area contributed by atoms with Gasteiger partial charge >= 0.3 is 0 Å². The molecule has 4 aliphatic rings. The predicted molar refractivity (Wildman–Crippen MR) is 107 cm³/mol. The highest BCUT2D eigenvalue weighted by molar-refractivity contribution is 5.81. The van der Waals surface area contributed by atoms with Crippen LogP contribution in [0.1, 0.15) is 64.7 Å². The molecule has 1 heterocycles. The van der Waals surface area contributed by atoms with Crippen LogP contribution in [0.25, 0.3) is 0 Å². The van der Waals surface area contributed by atoms with Gasteiger partial charge in [-0.15, -0.1) is 0 Å². The highest BCUT2D eigenvalue weighted by atomic mass is 19.1. The van der Waals surface area contributed by atoms with E-state index in [1.54, 1.807) is 12.4 Å². The summed E-state index contributed by atoms with van der Waals surface area (Å²) in [5.74, 6) is 3.59. The molecule has 1 N–H and O–H groups in total. The topological polar surface area (TPSA) is 68.0 Å². The van der Waals surface area contributed by atoms with Gasteiger partial charge in [0.25, 0.3) is 0 Å². The summed E-state index contributed by atoms with van der Waals surface area (Å²) in [4.78, 5) is 14.6. The van der Waals surface area contributed by atoms with Crippen LogP contribution < -0.4 is 0 Å². The SMILES string of the molecule is C[C@]12CC[C@H]3[C@@H](CC[C@@H]4C[C@@](O)(CF)CC[C@@H]43)[C@@H]1CC[C@@H]2C(=O)Cn1nccn1. The Bertz CT molecular complexity index is 755. The predicted octanol–water partition coefficient (Wildman–Crippen LogP) is 3.82. The first kappa shape index (κ1) is 19.7. The molecule has 0 aromatic carbocycles. The van der Waals surface area contributed by atoms with E-state index in [4.69, 9.17) is 0 Å². The fourth-order valence-electron chi connectivity index (χ4n) is 8.19. The maximum atomic E-state index is 13.3. The van der Waals surface area contributed by atoms with Gasteiger partial charge in [0.2, 0.25) is 0 Å². The van der Waals surface area contributed by atoms with Gasteiger partial charge in [-0.05, 0) is 92.8 Å². The van der Waals surface area contributed by atoms with Crippen molar-refractivity contribution < 1.29 is 14.3 Å². The Morgan fingerprint density at radius 1 is 1.07 bits per heavy atom. The average Bonchev–Trinajstić information content (AvgIpc) is 3.34. The van der Waals surface area contributed by atoms with Gasteiger partial charge in [0.05, 0.1) is 18.0 Å². The monoisotopic (exact) mass is 403 g/mol. The number of carbonyl (C=O) groups excluding carboxylic acids is 1. The molecule has 160 valence electrons. The molecular weight excluding hydrogens is 369 g/mol. The molecule has 4 aliphatic carbocycles. The number of aromatic nitrogens is 3. The minimum absolute atomic E-state index is 0.104. The fraction of sp³-hybridized carbons (Fsp3) is 0.870. The Balaban J connectivity index is 1.31. The minimum atomic E-state index is -1.07. The fourth-order valence-corrected chi connectivity index (χ4v) is 8.19. The average molecular weight is 404 g/mol. The second kappa shape index (κ2) is 7.14. The largest absolute Gasteiger partial charge is 0.387 e. The van der Waals surface area contributed by atoms with Gasteiger partial charge in [0, 0.05) is 5.92 Å². The summed E-state index contributed by atoms with van der Waals surface area (Å²) < 4.78 is 13.3. The lowest BCUT2D eigenvalue weighted by Gasteiger charge is -2.56. The van der Waals surface area contributed by atoms with Crippen LogP contribution in [-0.4, -0.2) is 38.2 Å².